The summed E-state index contributed by atoms with van der Waals surface area (Å²) in [6.07, 6.45) is 4.54. The van der Waals surface area contributed by atoms with E-state index in [2.05, 4.69) is 32.3 Å². The van der Waals surface area contributed by atoms with Gasteiger partial charge in [-0.1, -0.05) is 12.1 Å². The molecule has 1 aliphatic heterocycles. The van der Waals surface area contributed by atoms with Crippen molar-refractivity contribution < 1.29 is 9.47 Å². The van der Waals surface area contributed by atoms with Crippen LogP contribution in [0.25, 0.3) is 0 Å². The average Bonchev–Trinajstić information content (AvgIpc) is 3.09. The lowest BCUT2D eigenvalue weighted by molar-refractivity contribution is 0.233. The second-order valence-corrected chi connectivity index (χ2v) is 6.53. The zero-order valence-corrected chi connectivity index (χ0v) is 15.1. The molecule has 1 fully saturated rings. The zero-order valence-electron chi connectivity index (χ0n) is 15.1. The van der Waals surface area contributed by atoms with Crippen molar-refractivity contribution in [1.29, 1.82) is 0 Å². The lowest BCUT2D eigenvalue weighted by atomic mass is 10.1. The van der Waals surface area contributed by atoms with Crippen molar-refractivity contribution in [3.63, 3.8) is 0 Å². The summed E-state index contributed by atoms with van der Waals surface area (Å²) >= 11 is 0. The van der Waals surface area contributed by atoms with Gasteiger partial charge < -0.3 is 19.7 Å². The molecule has 134 valence electrons. The Bertz CT molecular complexity index is 693. The molecule has 0 amide bonds. The van der Waals surface area contributed by atoms with Gasteiger partial charge >= 0.3 is 0 Å². The molecule has 0 bridgehead atoms. The first-order chi connectivity index (χ1) is 12.2. The largest absolute Gasteiger partial charge is 0.495 e. The van der Waals surface area contributed by atoms with Crippen LogP contribution in [-0.2, 0) is 0 Å². The summed E-state index contributed by atoms with van der Waals surface area (Å²) in [5.41, 5.74) is 1.16. The third-order valence-corrected chi connectivity index (χ3v) is 4.28. The number of aromatic nitrogens is 2. The van der Waals surface area contributed by atoms with Crippen LogP contribution < -0.4 is 19.7 Å². The van der Waals surface area contributed by atoms with Gasteiger partial charge in [0, 0.05) is 32.0 Å². The fourth-order valence-corrected chi connectivity index (χ4v) is 3.11. The second-order valence-electron chi connectivity index (χ2n) is 6.53. The van der Waals surface area contributed by atoms with Crippen molar-refractivity contribution in [1.82, 2.24) is 9.97 Å². The third-order valence-electron chi connectivity index (χ3n) is 4.28. The summed E-state index contributed by atoms with van der Waals surface area (Å²) < 4.78 is 11.2. The minimum atomic E-state index is 0.0739. The number of nitrogens with zero attached hydrogens (tertiary/aromatic N) is 3. The fraction of sp³-hybridized carbons (Fsp3) is 0.474. The summed E-state index contributed by atoms with van der Waals surface area (Å²) in [4.78, 5) is 11.0. The quantitative estimate of drug-likeness (QED) is 0.834. The first kappa shape index (κ1) is 17.3. The van der Waals surface area contributed by atoms with Crippen LogP contribution in [0.4, 0.5) is 11.5 Å². The van der Waals surface area contributed by atoms with Crippen molar-refractivity contribution >= 4 is 11.5 Å². The molecule has 25 heavy (non-hydrogen) atoms. The number of ether oxygens (including phenoxy) is 2. The topological polar surface area (TPSA) is 59.5 Å². The molecule has 2 aromatic rings. The summed E-state index contributed by atoms with van der Waals surface area (Å²) in [5, 5.41) is 3.40. The van der Waals surface area contributed by atoms with Gasteiger partial charge in [0.2, 0.25) is 0 Å². The molecule has 0 radical (unpaired) electrons. The first-order valence-corrected chi connectivity index (χ1v) is 8.77. The lowest BCUT2D eigenvalue weighted by Crippen LogP contribution is -2.23. The second kappa shape index (κ2) is 8.05. The lowest BCUT2D eigenvalue weighted by Gasteiger charge is -2.21. The minimum Gasteiger partial charge on any atom is -0.495 e. The van der Waals surface area contributed by atoms with Gasteiger partial charge in [-0.3, -0.25) is 0 Å². The van der Waals surface area contributed by atoms with Crippen molar-refractivity contribution in [3.05, 3.63) is 36.7 Å². The van der Waals surface area contributed by atoms with E-state index in [1.807, 2.05) is 26.0 Å². The highest BCUT2D eigenvalue weighted by Crippen LogP contribution is 2.32. The molecule has 0 aliphatic carbocycles. The summed E-state index contributed by atoms with van der Waals surface area (Å²) in [6, 6.07) is 8.18. The van der Waals surface area contributed by atoms with E-state index in [0.717, 1.165) is 37.5 Å². The standard InChI is InChI=1S/C19H26N4O2/c1-14(2)25-19-18(20-9-10-21-19)22-12-15-8-11-23(13-15)16-6-4-5-7-17(16)24-3/h4-7,9-10,14-15H,8,11-13H2,1-3H3,(H,20,22). The molecular weight excluding hydrogens is 316 g/mol. The Morgan fingerprint density at radius 2 is 2.04 bits per heavy atom. The molecule has 1 aliphatic rings. The van der Waals surface area contributed by atoms with E-state index in [1.165, 1.54) is 0 Å². The number of methoxy groups -OCH3 is 1. The van der Waals surface area contributed by atoms with Gasteiger partial charge in [0.1, 0.15) is 5.75 Å². The summed E-state index contributed by atoms with van der Waals surface area (Å²) in [7, 11) is 1.72. The van der Waals surface area contributed by atoms with Crippen molar-refractivity contribution in [2.24, 2.45) is 5.92 Å². The zero-order chi connectivity index (χ0) is 17.6. The number of rotatable bonds is 7. The first-order valence-electron chi connectivity index (χ1n) is 8.77. The molecule has 1 aromatic heterocycles. The molecule has 1 N–H and O–H groups in total. The maximum atomic E-state index is 5.72. The number of nitrogens with one attached hydrogen (secondary N) is 1. The van der Waals surface area contributed by atoms with Crippen molar-refractivity contribution in [2.75, 3.05) is 37.0 Å². The monoisotopic (exact) mass is 342 g/mol. The highest BCUT2D eigenvalue weighted by molar-refractivity contribution is 5.59. The molecule has 0 spiro atoms. The van der Waals surface area contributed by atoms with Gasteiger partial charge in [-0.2, -0.15) is 0 Å². The summed E-state index contributed by atoms with van der Waals surface area (Å²) in [6.45, 7) is 6.84. The van der Waals surface area contributed by atoms with Crippen LogP contribution in [0.1, 0.15) is 20.3 Å². The number of hydrogen-bond acceptors (Lipinski definition) is 6. The van der Waals surface area contributed by atoms with E-state index in [-0.39, 0.29) is 6.10 Å². The molecule has 2 heterocycles. The molecule has 1 atom stereocenters. The minimum absolute atomic E-state index is 0.0739. The van der Waals surface area contributed by atoms with E-state index in [4.69, 9.17) is 9.47 Å². The van der Waals surface area contributed by atoms with Crippen LogP contribution in [0.2, 0.25) is 0 Å². The smallest absolute Gasteiger partial charge is 0.257 e. The molecule has 1 aromatic carbocycles. The van der Waals surface area contributed by atoms with E-state index in [1.54, 1.807) is 19.5 Å². The Morgan fingerprint density at radius 1 is 1.24 bits per heavy atom. The van der Waals surface area contributed by atoms with Gasteiger partial charge in [0.25, 0.3) is 5.88 Å². The Hall–Kier alpha value is -2.50. The Balaban J connectivity index is 1.59. The van der Waals surface area contributed by atoms with E-state index < -0.39 is 0 Å². The number of anilines is 2. The van der Waals surface area contributed by atoms with Crippen LogP contribution in [0, 0.1) is 5.92 Å². The van der Waals surface area contributed by atoms with Crippen LogP contribution in [0.5, 0.6) is 11.6 Å². The SMILES string of the molecule is COc1ccccc1N1CCC(CNc2nccnc2OC(C)C)C1. The van der Waals surface area contributed by atoms with Gasteiger partial charge in [-0.15, -0.1) is 0 Å². The van der Waals surface area contributed by atoms with Crippen molar-refractivity contribution in [3.8, 4) is 11.6 Å². The molecule has 1 saturated heterocycles. The summed E-state index contributed by atoms with van der Waals surface area (Å²) in [5.74, 6) is 2.75. The van der Waals surface area contributed by atoms with Crippen LogP contribution in [0.15, 0.2) is 36.7 Å². The van der Waals surface area contributed by atoms with Gasteiger partial charge in [-0.05, 0) is 38.3 Å². The maximum absolute atomic E-state index is 5.72. The highest BCUT2D eigenvalue weighted by Gasteiger charge is 2.24. The van der Waals surface area contributed by atoms with E-state index in [0.29, 0.717) is 17.6 Å². The molecule has 6 nitrogen and oxygen atoms in total. The van der Waals surface area contributed by atoms with Gasteiger partial charge in [0.15, 0.2) is 5.82 Å². The molecular formula is C19H26N4O2. The van der Waals surface area contributed by atoms with Crippen LogP contribution in [0.3, 0.4) is 0 Å². The van der Waals surface area contributed by atoms with E-state index in [9.17, 15) is 0 Å². The third kappa shape index (κ3) is 4.32. The molecule has 1 unspecified atom stereocenters. The molecule has 3 rings (SSSR count). The predicted octanol–water partition coefficient (Wildman–Crippen LogP) is 3.21. The van der Waals surface area contributed by atoms with Crippen LogP contribution in [-0.4, -0.2) is 42.8 Å². The molecule has 6 heteroatoms. The number of para-hydroxylation sites is 2. The van der Waals surface area contributed by atoms with Gasteiger partial charge in [0.05, 0.1) is 18.9 Å². The fourth-order valence-electron chi connectivity index (χ4n) is 3.11. The molecule has 0 saturated carbocycles. The Kier molecular flexibility index (Phi) is 5.58. The Morgan fingerprint density at radius 3 is 2.84 bits per heavy atom. The van der Waals surface area contributed by atoms with E-state index >= 15 is 0 Å². The van der Waals surface area contributed by atoms with Crippen LogP contribution >= 0.6 is 0 Å². The average molecular weight is 342 g/mol. The predicted molar refractivity (Wildman–Crippen MR) is 99.6 cm³/mol. The van der Waals surface area contributed by atoms with Crippen molar-refractivity contribution in [2.45, 2.75) is 26.4 Å². The maximum Gasteiger partial charge on any atom is 0.257 e. The number of hydrogen-bond donors (Lipinski definition) is 1. The normalized spacial score (nSPS) is 17.0. The number of benzene rings is 1. The Labute approximate surface area is 149 Å². The highest BCUT2D eigenvalue weighted by atomic mass is 16.5. The van der Waals surface area contributed by atoms with Gasteiger partial charge in [-0.25, -0.2) is 9.97 Å².